The summed E-state index contributed by atoms with van der Waals surface area (Å²) in [7, 11) is 0. The molecule has 0 aromatic rings. The molecule has 0 aromatic heterocycles. The minimum absolute atomic E-state index is 0.0998. The summed E-state index contributed by atoms with van der Waals surface area (Å²) >= 11 is 0. The molecular weight excluding hydrogens is 167 g/mol. The van der Waals surface area contributed by atoms with Crippen LogP contribution in [-0.2, 0) is 0 Å². The first-order chi connectivity index (χ1) is 5.41. The minimum atomic E-state index is -4.08. The van der Waals surface area contributed by atoms with Gasteiger partial charge in [0.15, 0.2) is 0 Å². The maximum atomic E-state index is 12.3. The number of halogens is 3. The summed E-state index contributed by atoms with van der Waals surface area (Å²) in [6, 6.07) is -1.38. The standard InChI is InChI=1S/C8H14F3N/c1-5(2)12-7(6-3-4-6)8(9,10)11/h5-7,12H,3-4H2,1-2H3. The molecule has 0 amide bonds. The molecular formula is C8H14F3N. The van der Waals surface area contributed by atoms with Crippen LogP contribution in [0.25, 0.3) is 0 Å². The van der Waals surface area contributed by atoms with Crippen LogP contribution in [0, 0.1) is 5.92 Å². The van der Waals surface area contributed by atoms with Gasteiger partial charge in [-0.25, -0.2) is 0 Å². The van der Waals surface area contributed by atoms with Crippen LogP contribution < -0.4 is 5.32 Å². The molecule has 1 N–H and O–H groups in total. The second-order valence-corrected chi connectivity index (χ2v) is 3.68. The van der Waals surface area contributed by atoms with Crippen molar-refractivity contribution >= 4 is 0 Å². The predicted molar refractivity (Wildman–Crippen MR) is 40.8 cm³/mol. The molecule has 1 fully saturated rings. The van der Waals surface area contributed by atoms with E-state index in [-0.39, 0.29) is 12.0 Å². The normalized spacial score (nSPS) is 21.5. The van der Waals surface area contributed by atoms with E-state index in [1.54, 1.807) is 13.8 Å². The van der Waals surface area contributed by atoms with E-state index in [9.17, 15) is 13.2 Å². The summed E-state index contributed by atoms with van der Waals surface area (Å²) in [6.07, 6.45) is -2.65. The Balaban J connectivity index is 2.49. The number of rotatable bonds is 3. The Kier molecular flexibility index (Phi) is 2.66. The highest BCUT2D eigenvalue weighted by atomic mass is 19.4. The van der Waals surface area contributed by atoms with Crippen molar-refractivity contribution in [1.82, 2.24) is 5.32 Å². The zero-order valence-corrected chi connectivity index (χ0v) is 7.28. The molecule has 0 heterocycles. The largest absolute Gasteiger partial charge is 0.404 e. The lowest BCUT2D eigenvalue weighted by atomic mass is 10.1. The van der Waals surface area contributed by atoms with E-state index in [1.807, 2.05) is 0 Å². The molecule has 1 aliphatic carbocycles. The quantitative estimate of drug-likeness (QED) is 0.704. The molecule has 1 nitrogen and oxygen atoms in total. The summed E-state index contributed by atoms with van der Waals surface area (Å²) in [5.74, 6) is -0.174. The molecule has 1 unspecified atom stereocenters. The fourth-order valence-electron chi connectivity index (χ4n) is 1.29. The van der Waals surface area contributed by atoms with Crippen LogP contribution in [0.5, 0.6) is 0 Å². The van der Waals surface area contributed by atoms with Crippen LogP contribution in [0.2, 0.25) is 0 Å². The lowest BCUT2D eigenvalue weighted by Crippen LogP contribution is -2.46. The van der Waals surface area contributed by atoms with Crippen LogP contribution in [0.4, 0.5) is 13.2 Å². The third-order valence-electron chi connectivity index (χ3n) is 1.96. The van der Waals surface area contributed by atoms with Crippen molar-refractivity contribution in [3.05, 3.63) is 0 Å². The molecule has 72 valence electrons. The summed E-state index contributed by atoms with van der Waals surface area (Å²) in [5, 5.41) is 2.56. The highest BCUT2D eigenvalue weighted by Crippen LogP contribution is 2.40. The molecule has 0 aromatic carbocycles. The van der Waals surface area contributed by atoms with Gasteiger partial charge < -0.3 is 5.32 Å². The molecule has 0 radical (unpaired) electrons. The van der Waals surface area contributed by atoms with Gasteiger partial charge in [-0.15, -0.1) is 0 Å². The fourth-order valence-corrected chi connectivity index (χ4v) is 1.29. The van der Waals surface area contributed by atoms with Crippen molar-refractivity contribution in [3.63, 3.8) is 0 Å². The van der Waals surface area contributed by atoms with E-state index >= 15 is 0 Å². The van der Waals surface area contributed by atoms with E-state index in [1.165, 1.54) is 0 Å². The van der Waals surface area contributed by atoms with E-state index in [0.717, 1.165) is 0 Å². The van der Waals surface area contributed by atoms with Crippen LogP contribution in [0.1, 0.15) is 26.7 Å². The molecule has 0 spiro atoms. The zero-order chi connectivity index (χ0) is 9.35. The topological polar surface area (TPSA) is 12.0 Å². The van der Waals surface area contributed by atoms with Crippen LogP contribution in [0.15, 0.2) is 0 Å². The Morgan fingerprint density at radius 2 is 1.75 bits per heavy atom. The Morgan fingerprint density at radius 3 is 2.00 bits per heavy atom. The van der Waals surface area contributed by atoms with Crippen molar-refractivity contribution in [1.29, 1.82) is 0 Å². The molecule has 1 aliphatic rings. The predicted octanol–water partition coefficient (Wildman–Crippen LogP) is 2.33. The van der Waals surface area contributed by atoms with Gasteiger partial charge in [-0.1, -0.05) is 13.8 Å². The Morgan fingerprint density at radius 1 is 1.25 bits per heavy atom. The third-order valence-corrected chi connectivity index (χ3v) is 1.96. The molecule has 1 rings (SSSR count). The van der Waals surface area contributed by atoms with E-state index < -0.39 is 12.2 Å². The van der Waals surface area contributed by atoms with E-state index in [2.05, 4.69) is 5.32 Å². The van der Waals surface area contributed by atoms with Gasteiger partial charge in [-0.3, -0.25) is 0 Å². The van der Waals surface area contributed by atoms with Crippen LogP contribution in [-0.4, -0.2) is 18.3 Å². The Bertz CT molecular complexity index is 149. The fraction of sp³-hybridized carbons (Fsp3) is 1.00. The van der Waals surface area contributed by atoms with Gasteiger partial charge in [-0.05, 0) is 18.8 Å². The second kappa shape index (κ2) is 3.24. The monoisotopic (exact) mass is 181 g/mol. The Labute approximate surface area is 70.3 Å². The molecule has 0 bridgehead atoms. The zero-order valence-electron chi connectivity index (χ0n) is 7.28. The minimum Gasteiger partial charge on any atom is -0.304 e. The van der Waals surface area contributed by atoms with Crippen molar-refractivity contribution in [2.75, 3.05) is 0 Å². The average molecular weight is 181 g/mol. The van der Waals surface area contributed by atoms with Gasteiger partial charge in [0.25, 0.3) is 0 Å². The smallest absolute Gasteiger partial charge is 0.304 e. The third kappa shape index (κ3) is 2.66. The van der Waals surface area contributed by atoms with Crippen molar-refractivity contribution < 1.29 is 13.2 Å². The summed E-state index contributed by atoms with van der Waals surface area (Å²) < 4.78 is 36.9. The maximum absolute atomic E-state index is 12.3. The summed E-state index contributed by atoms with van der Waals surface area (Å²) in [4.78, 5) is 0. The molecule has 4 heteroatoms. The Hall–Kier alpha value is -0.250. The van der Waals surface area contributed by atoms with Crippen LogP contribution in [0.3, 0.4) is 0 Å². The molecule has 0 aliphatic heterocycles. The molecule has 12 heavy (non-hydrogen) atoms. The molecule has 1 saturated carbocycles. The number of hydrogen-bond acceptors (Lipinski definition) is 1. The van der Waals surface area contributed by atoms with E-state index in [0.29, 0.717) is 12.8 Å². The summed E-state index contributed by atoms with van der Waals surface area (Å²) in [6.45, 7) is 3.47. The van der Waals surface area contributed by atoms with Gasteiger partial charge in [0.05, 0.1) is 0 Å². The average Bonchev–Trinajstić information content (AvgIpc) is 2.60. The number of hydrogen-bond donors (Lipinski definition) is 1. The van der Waals surface area contributed by atoms with Gasteiger partial charge in [0.1, 0.15) is 6.04 Å². The first-order valence-electron chi connectivity index (χ1n) is 4.24. The molecule has 1 atom stereocenters. The second-order valence-electron chi connectivity index (χ2n) is 3.68. The molecule has 0 saturated heterocycles. The van der Waals surface area contributed by atoms with E-state index in [4.69, 9.17) is 0 Å². The van der Waals surface area contributed by atoms with Gasteiger partial charge in [-0.2, -0.15) is 13.2 Å². The van der Waals surface area contributed by atoms with Gasteiger partial charge in [0, 0.05) is 6.04 Å². The lowest BCUT2D eigenvalue weighted by molar-refractivity contribution is -0.162. The van der Waals surface area contributed by atoms with Crippen LogP contribution >= 0.6 is 0 Å². The first kappa shape index (κ1) is 9.84. The van der Waals surface area contributed by atoms with Crippen molar-refractivity contribution in [2.45, 2.75) is 44.9 Å². The number of nitrogens with one attached hydrogen (secondary N) is 1. The van der Waals surface area contributed by atoms with Gasteiger partial charge >= 0.3 is 6.18 Å². The van der Waals surface area contributed by atoms with Gasteiger partial charge in [0.2, 0.25) is 0 Å². The SMILES string of the molecule is CC(C)NC(C1CC1)C(F)(F)F. The maximum Gasteiger partial charge on any atom is 0.404 e. The van der Waals surface area contributed by atoms with Crippen molar-refractivity contribution in [3.8, 4) is 0 Å². The first-order valence-corrected chi connectivity index (χ1v) is 4.24. The van der Waals surface area contributed by atoms with Crippen molar-refractivity contribution in [2.24, 2.45) is 5.92 Å². The number of alkyl halides is 3. The summed E-state index contributed by atoms with van der Waals surface area (Å²) in [5.41, 5.74) is 0. The lowest BCUT2D eigenvalue weighted by Gasteiger charge is -2.23. The highest BCUT2D eigenvalue weighted by Gasteiger charge is 2.48. The highest BCUT2D eigenvalue weighted by molar-refractivity contribution is 4.91.